The molecule has 0 unspecified atom stereocenters. The van der Waals surface area contributed by atoms with Crippen LogP contribution >= 0.6 is 0 Å². The first-order chi connectivity index (χ1) is 14.3. The Bertz CT molecular complexity index is 1020. The molecule has 0 heterocycles. The molecule has 0 aliphatic rings. The van der Waals surface area contributed by atoms with Gasteiger partial charge in [-0.2, -0.15) is 4.89 Å². The number of benzene rings is 3. The van der Waals surface area contributed by atoms with E-state index >= 15 is 0 Å². The number of rotatable bonds is 7. The van der Waals surface area contributed by atoms with Crippen LogP contribution in [-0.2, 0) is 15.4 Å². The highest BCUT2D eigenvalue weighted by Gasteiger charge is 2.26. The molecule has 0 aliphatic heterocycles. The number of hydrogen-bond acceptors (Lipinski definition) is 4. The zero-order valence-electron chi connectivity index (χ0n) is 17.7. The molecule has 0 aliphatic carbocycles. The van der Waals surface area contributed by atoms with Gasteiger partial charge in [0.25, 0.3) is 0 Å². The van der Waals surface area contributed by atoms with E-state index in [1.54, 1.807) is 36.4 Å². The van der Waals surface area contributed by atoms with Crippen molar-refractivity contribution in [2.45, 2.75) is 39.2 Å². The van der Waals surface area contributed by atoms with E-state index in [1.807, 2.05) is 56.3 Å². The van der Waals surface area contributed by atoms with Crippen molar-refractivity contribution in [3.63, 3.8) is 0 Å². The number of carbonyl (C=O) groups is 2. The second-order valence-corrected chi connectivity index (χ2v) is 7.98. The summed E-state index contributed by atoms with van der Waals surface area (Å²) in [4.78, 5) is 36.3. The molecule has 0 spiro atoms. The van der Waals surface area contributed by atoms with Crippen molar-refractivity contribution in [2.75, 3.05) is 0 Å². The molecule has 0 radical (unpaired) electrons. The van der Waals surface area contributed by atoms with Crippen LogP contribution in [0.25, 0.3) is 0 Å². The minimum atomic E-state index is -0.831. The van der Waals surface area contributed by atoms with Gasteiger partial charge in [-0.25, -0.2) is 4.79 Å². The molecular weight excluding hydrogens is 376 g/mol. The average molecular weight is 402 g/mol. The minimum absolute atomic E-state index is 0.166. The Balaban J connectivity index is 1.79. The lowest BCUT2D eigenvalue weighted by atomic mass is 9.96. The Labute approximate surface area is 177 Å². The Morgan fingerprint density at radius 2 is 1.33 bits per heavy atom. The van der Waals surface area contributed by atoms with Gasteiger partial charge >= 0.3 is 5.97 Å². The zero-order chi connectivity index (χ0) is 21.7. The fraction of sp³-hybridized carbons (Fsp3) is 0.231. The van der Waals surface area contributed by atoms with Crippen LogP contribution in [0.4, 0.5) is 0 Å². The van der Waals surface area contributed by atoms with E-state index in [0.717, 1.165) is 11.1 Å². The summed E-state index contributed by atoms with van der Waals surface area (Å²) in [6.45, 7) is 7.81. The predicted octanol–water partition coefficient (Wildman–Crippen LogP) is 6.06. The number of ketones is 1. The fourth-order valence-electron chi connectivity index (χ4n) is 3.11. The summed E-state index contributed by atoms with van der Waals surface area (Å²) < 4.78 is 0. The molecule has 30 heavy (non-hydrogen) atoms. The minimum Gasteiger partial charge on any atom is -0.292 e. The molecule has 0 bridgehead atoms. The molecule has 0 aromatic heterocycles. The lowest BCUT2D eigenvalue weighted by molar-refractivity contribution is -0.312. The molecule has 4 nitrogen and oxygen atoms in total. The van der Waals surface area contributed by atoms with Crippen molar-refractivity contribution in [3.05, 3.63) is 107 Å². The second-order valence-electron chi connectivity index (χ2n) is 7.98. The van der Waals surface area contributed by atoms with Crippen LogP contribution < -0.4 is 0 Å². The lowest BCUT2D eigenvalue weighted by Crippen LogP contribution is -2.24. The van der Waals surface area contributed by atoms with Gasteiger partial charge in [-0.3, -0.25) is 9.68 Å². The smallest absolute Gasteiger partial charge is 0.292 e. The normalized spacial score (nSPS) is 11.4. The largest absolute Gasteiger partial charge is 0.373 e. The molecule has 0 atom stereocenters. The molecule has 3 rings (SSSR count). The third-order valence-electron chi connectivity index (χ3n) is 5.03. The van der Waals surface area contributed by atoms with Gasteiger partial charge in [-0.15, -0.1) is 0 Å². The molecular formula is C26H26O4. The van der Waals surface area contributed by atoms with Crippen LogP contribution in [0.3, 0.4) is 0 Å². The predicted molar refractivity (Wildman–Crippen MR) is 116 cm³/mol. The molecule has 0 saturated carbocycles. The van der Waals surface area contributed by atoms with Crippen molar-refractivity contribution in [2.24, 2.45) is 0 Å². The van der Waals surface area contributed by atoms with Gasteiger partial charge < -0.3 is 0 Å². The number of carbonyl (C=O) groups excluding carboxylic acids is 2. The third-order valence-corrected chi connectivity index (χ3v) is 5.03. The quantitative estimate of drug-likeness (QED) is 0.274. The van der Waals surface area contributed by atoms with Crippen molar-refractivity contribution in [1.82, 2.24) is 0 Å². The molecule has 0 amide bonds. The Kier molecular flexibility index (Phi) is 6.48. The molecule has 4 heteroatoms. The summed E-state index contributed by atoms with van der Waals surface area (Å²) in [6, 6.07) is 23.5. The van der Waals surface area contributed by atoms with Gasteiger partial charge in [0.05, 0.1) is 5.56 Å². The lowest BCUT2D eigenvalue weighted by Gasteiger charge is -2.23. The van der Waals surface area contributed by atoms with E-state index in [2.05, 4.69) is 13.8 Å². The highest BCUT2D eigenvalue weighted by atomic mass is 17.2. The van der Waals surface area contributed by atoms with Crippen LogP contribution in [0.2, 0.25) is 0 Å². The molecule has 0 N–H and O–H groups in total. The maximum Gasteiger partial charge on any atom is 0.373 e. The topological polar surface area (TPSA) is 52.6 Å². The van der Waals surface area contributed by atoms with E-state index in [0.29, 0.717) is 11.5 Å². The Morgan fingerprint density at radius 3 is 1.93 bits per heavy atom. The molecule has 0 saturated heterocycles. The Morgan fingerprint density at radius 1 is 0.767 bits per heavy atom. The molecule has 3 aromatic rings. The van der Waals surface area contributed by atoms with E-state index in [9.17, 15) is 9.59 Å². The van der Waals surface area contributed by atoms with Crippen molar-refractivity contribution in [3.8, 4) is 0 Å². The maximum atomic E-state index is 13.0. The van der Waals surface area contributed by atoms with Crippen molar-refractivity contribution >= 4 is 11.8 Å². The van der Waals surface area contributed by atoms with E-state index < -0.39 is 11.6 Å². The van der Waals surface area contributed by atoms with Crippen LogP contribution in [0.5, 0.6) is 0 Å². The van der Waals surface area contributed by atoms with Gasteiger partial charge in [-0.05, 0) is 37.0 Å². The number of hydrogen-bond donors (Lipinski definition) is 0. The fourth-order valence-corrected chi connectivity index (χ4v) is 3.11. The Hall–Kier alpha value is -3.24. The zero-order valence-corrected chi connectivity index (χ0v) is 17.7. The van der Waals surface area contributed by atoms with Gasteiger partial charge in [0, 0.05) is 11.1 Å². The van der Waals surface area contributed by atoms with Crippen LogP contribution in [0.1, 0.15) is 71.0 Å². The van der Waals surface area contributed by atoms with Crippen LogP contribution in [0, 0.1) is 0 Å². The van der Waals surface area contributed by atoms with Gasteiger partial charge in [0.15, 0.2) is 5.78 Å². The summed E-state index contributed by atoms with van der Waals surface area (Å²) in [7, 11) is 0. The average Bonchev–Trinajstić information content (AvgIpc) is 2.77. The highest BCUT2D eigenvalue weighted by Crippen LogP contribution is 2.26. The monoisotopic (exact) mass is 402 g/mol. The van der Waals surface area contributed by atoms with Gasteiger partial charge in [0.2, 0.25) is 0 Å². The first kappa shape index (κ1) is 21.5. The molecule has 0 fully saturated rings. The summed E-state index contributed by atoms with van der Waals surface area (Å²) in [5.74, 6) is -0.566. The van der Waals surface area contributed by atoms with E-state index in [1.165, 1.54) is 0 Å². The SMILES string of the molecule is CC(C)c1ccc(C(=O)c2ccccc2C(=O)OOC(C)(C)c2ccccc2)cc1. The van der Waals surface area contributed by atoms with Crippen molar-refractivity contribution in [1.29, 1.82) is 0 Å². The molecule has 154 valence electrons. The van der Waals surface area contributed by atoms with Crippen LogP contribution in [-0.4, -0.2) is 11.8 Å². The third kappa shape index (κ3) is 4.84. The summed E-state index contributed by atoms with van der Waals surface area (Å²) in [6.07, 6.45) is 0. The standard InChI is InChI=1S/C26H26O4/c1-18(2)19-14-16-20(17-15-19)24(27)22-12-8-9-13-23(22)25(28)29-30-26(3,4)21-10-6-5-7-11-21/h5-18H,1-4H3. The van der Waals surface area contributed by atoms with E-state index in [4.69, 9.17) is 9.78 Å². The van der Waals surface area contributed by atoms with Crippen molar-refractivity contribution < 1.29 is 19.4 Å². The van der Waals surface area contributed by atoms with Gasteiger partial charge in [-0.1, -0.05) is 86.6 Å². The molecule has 3 aromatic carbocycles. The first-order valence-corrected chi connectivity index (χ1v) is 9.99. The highest BCUT2D eigenvalue weighted by molar-refractivity contribution is 6.14. The second kappa shape index (κ2) is 9.06. The summed E-state index contributed by atoms with van der Waals surface area (Å²) in [5.41, 5.74) is 2.15. The van der Waals surface area contributed by atoms with E-state index in [-0.39, 0.29) is 16.9 Å². The van der Waals surface area contributed by atoms with Gasteiger partial charge in [0.1, 0.15) is 5.60 Å². The summed E-state index contributed by atoms with van der Waals surface area (Å²) in [5, 5.41) is 0. The maximum absolute atomic E-state index is 13.0. The first-order valence-electron chi connectivity index (χ1n) is 9.99. The van der Waals surface area contributed by atoms with Crippen LogP contribution in [0.15, 0.2) is 78.9 Å². The summed E-state index contributed by atoms with van der Waals surface area (Å²) >= 11 is 0.